The number of likely N-dealkylation sites (tertiary alicyclic amines) is 1. The Morgan fingerprint density at radius 3 is 2.62 bits per heavy atom. The van der Waals surface area contributed by atoms with Crippen LogP contribution in [0, 0.1) is 12.8 Å². The predicted octanol–water partition coefficient (Wildman–Crippen LogP) is 3.23. The summed E-state index contributed by atoms with van der Waals surface area (Å²) in [5.41, 5.74) is 2.19. The van der Waals surface area contributed by atoms with E-state index in [0.29, 0.717) is 6.54 Å². The zero-order chi connectivity index (χ0) is 17.3. The van der Waals surface area contributed by atoms with Crippen LogP contribution in [0.4, 0.5) is 0 Å². The Morgan fingerprint density at radius 1 is 1.29 bits per heavy atom. The third-order valence-electron chi connectivity index (χ3n) is 4.67. The first kappa shape index (κ1) is 16.7. The van der Waals surface area contributed by atoms with Crippen LogP contribution in [0.25, 0.3) is 0 Å². The summed E-state index contributed by atoms with van der Waals surface area (Å²) in [6.45, 7) is 2.62. The van der Waals surface area contributed by atoms with Crippen molar-refractivity contribution >= 4 is 23.2 Å². The fraction of sp³-hybridized carbons (Fsp3) is 0.368. The number of hydrogen-bond acceptors (Lipinski definition) is 3. The topological polar surface area (TPSA) is 40.6 Å². The first-order valence-electron chi connectivity index (χ1n) is 8.07. The Hall–Kier alpha value is -2.14. The lowest BCUT2D eigenvalue weighted by Crippen LogP contribution is -2.35. The van der Waals surface area contributed by atoms with Crippen LogP contribution in [0.5, 0.6) is 0 Å². The summed E-state index contributed by atoms with van der Waals surface area (Å²) in [6.07, 6.45) is 0.280. The molecule has 0 saturated carbocycles. The van der Waals surface area contributed by atoms with E-state index >= 15 is 0 Å². The minimum absolute atomic E-state index is 0.0310. The van der Waals surface area contributed by atoms with Crippen molar-refractivity contribution in [2.45, 2.75) is 25.9 Å². The highest BCUT2D eigenvalue weighted by Gasteiger charge is 2.43. The van der Waals surface area contributed by atoms with Crippen LogP contribution < -0.4 is 0 Å². The number of benzene rings is 1. The molecule has 2 atom stereocenters. The molecule has 24 heavy (non-hydrogen) atoms. The predicted molar refractivity (Wildman–Crippen MR) is 95.6 cm³/mol. The fourth-order valence-corrected chi connectivity index (χ4v) is 4.07. The number of carbonyl (C=O) groups excluding carboxylic acids is 2. The molecule has 1 saturated heterocycles. The van der Waals surface area contributed by atoms with Gasteiger partial charge in [-0.2, -0.15) is 0 Å². The number of aryl methyl sites for hydroxylation is 1. The number of thiophene rings is 1. The molecule has 0 N–H and O–H groups in total. The Kier molecular flexibility index (Phi) is 4.71. The molecule has 3 rings (SSSR count). The molecule has 1 aliphatic rings. The van der Waals surface area contributed by atoms with Gasteiger partial charge in [-0.05, 0) is 23.9 Å². The van der Waals surface area contributed by atoms with Crippen molar-refractivity contribution < 1.29 is 9.59 Å². The maximum Gasteiger partial charge on any atom is 0.228 e. The summed E-state index contributed by atoms with van der Waals surface area (Å²) in [4.78, 5) is 29.8. The lowest BCUT2D eigenvalue weighted by atomic mass is 9.92. The van der Waals surface area contributed by atoms with Gasteiger partial charge in [-0.25, -0.2) is 0 Å². The van der Waals surface area contributed by atoms with Crippen molar-refractivity contribution in [1.82, 2.24) is 9.80 Å². The van der Waals surface area contributed by atoms with Gasteiger partial charge in [0.1, 0.15) is 0 Å². The number of carbonyl (C=O) groups is 2. The smallest absolute Gasteiger partial charge is 0.228 e. The zero-order valence-electron chi connectivity index (χ0n) is 14.2. The molecule has 1 aliphatic heterocycles. The molecule has 2 heterocycles. The maximum absolute atomic E-state index is 13.0. The molecule has 1 fully saturated rings. The third kappa shape index (κ3) is 3.22. The van der Waals surface area contributed by atoms with Gasteiger partial charge in [0, 0.05) is 25.4 Å². The molecule has 2 amide bonds. The van der Waals surface area contributed by atoms with Gasteiger partial charge in [0.15, 0.2) is 0 Å². The van der Waals surface area contributed by atoms with Crippen LogP contribution in [0.1, 0.15) is 28.5 Å². The van der Waals surface area contributed by atoms with Crippen LogP contribution in [-0.4, -0.2) is 35.7 Å². The Morgan fingerprint density at radius 2 is 2.00 bits per heavy atom. The SMILES string of the molecule is Cc1ccc(C2C(C(=O)N(C)Cc3cccs3)CC(=O)N2C)cc1. The van der Waals surface area contributed by atoms with Gasteiger partial charge >= 0.3 is 0 Å². The van der Waals surface area contributed by atoms with Gasteiger partial charge in [0.2, 0.25) is 11.8 Å². The van der Waals surface area contributed by atoms with E-state index in [1.807, 2.05) is 55.7 Å². The number of hydrogen-bond donors (Lipinski definition) is 0. The summed E-state index contributed by atoms with van der Waals surface area (Å²) in [5, 5.41) is 2.01. The van der Waals surface area contributed by atoms with Gasteiger partial charge in [0.05, 0.1) is 18.5 Å². The standard InChI is InChI=1S/C19H22N2O2S/c1-13-6-8-14(9-7-13)18-16(11-17(22)21(18)3)19(23)20(2)12-15-5-4-10-24-15/h4-10,16,18H,11-12H2,1-3H3. The monoisotopic (exact) mass is 342 g/mol. The van der Waals surface area contributed by atoms with Crippen molar-refractivity contribution in [3.8, 4) is 0 Å². The average molecular weight is 342 g/mol. The van der Waals surface area contributed by atoms with Gasteiger partial charge in [-0.15, -0.1) is 11.3 Å². The van der Waals surface area contributed by atoms with E-state index in [-0.39, 0.29) is 30.2 Å². The van der Waals surface area contributed by atoms with Crippen LogP contribution in [-0.2, 0) is 16.1 Å². The highest BCUT2D eigenvalue weighted by molar-refractivity contribution is 7.09. The molecule has 1 aromatic heterocycles. The molecule has 0 radical (unpaired) electrons. The Bertz CT molecular complexity index is 724. The minimum Gasteiger partial charge on any atom is -0.340 e. The summed E-state index contributed by atoms with van der Waals surface area (Å²) in [7, 11) is 3.61. The van der Waals surface area contributed by atoms with Gasteiger partial charge < -0.3 is 9.80 Å². The van der Waals surface area contributed by atoms with Crippen LogP contribution >= 0.6 is 11.3 Å². The first-order valence-corrected chi connectivity index (χ1v) is 8.95. The Balaban J connectivity index is 1.82. The molecule has 4 nitrogen and oxygen atoms in total. The number of rotatable bonds is 4. The van der Waals surface area contributed by atoms with Crippen molar-refractivity contribution in [2.75, 3.05) is 14.1 Å². The molecule has 0 aliphatic carbocycles. The lowest BCUT2D eigenvalue weighted by molar-refractivity contribution is -0.135. The van der Waals surface area contributed by atoms with E-state index < -0.39 is 0 Å². The lowest BCUT2D eigenvalue weighted by Gasteiger charge is -2.28. The van der Waals surface area contributed by atoms with E-state index in [1.165, 1.54) is 5.56 Å². The summed E-state index contributed by atoms with van der Waals surface area (Å²) >= 11 is 1.64. The van der Waals surface area contributed by atoms with E-state index in [2.05, 4.69) is 0 Å². The van der Waals surface area contributed by atoms with E-state index in [4.69, 9.17) is 0 Å². The molecule has 5 heteroatoms. The molecule has 0 spiro atoms. The van der Waals surface area contributed by atoms with Gasteiger partial charge in [-0.3, -0.25) is 9.59 Å². The quantitative estimate of drug-likeness (QED) is 0.856. The first-order chi connectivity index (χ1) is 11.5. The largest absolute Gasteiger partial charge is 0.340 e. The van der Waals surface area contributed by atoms with Crippen LogP contribution in [0.3, 0.4) is 0 Å². The van der Waals surface area contributed by atoms with Crippen LogP contribution in [0.15, 0.2) is 41.8 Å². The summed E-state index contributed by atoms with van der Waals surface area (Å²) < 4.78 is 0. The second-order valence-corrected chi connectivity index (χ2v) is 7.48. The fourth-order valence-electron chi connectivity index (χ4n) is 3.31. The molecule has 1 aromatic carbocycles. The molecule has 0 bridgehead atoms. The average Bonchev–Trinajstić information content (AvgIpc) is 3.17. The van der Waals surface area contributed by atoms with Crippen molar-refractivity contribution in [2.24, 2.45) is 5.92 Å². The molecule has 2 unspecified atom stereocenters. The van der Waals surface area contributed by atoms with E-state index in [0.717, 1.165) is 10.4 Å². The van der Waals surface area contributed by atoms with Gasteiger partial charge in [0.25, 0.3) is 0 Å². The second-order valence-electron chi connectivity index (χ2n) is 6.44. The number of nitrogens with zero attached hydrogens (tertiary/aromatic N) is 2. The summed E-state index contributed by atoms with van der Waals surface area (Å²) in [6, 6.07) is 11.9. The van der Waals surface area contributed by atoms with E-state index in [1.54, 1.807) is 28.2 Å². The molecule has 126 valence electrons. The number of amides is 2. The second kappa shape index (κ2) is 6.77. The van der Waals surface area contributed by atoms with Crippen molar-refractivity contribution in [3.63, 3.8) is 0 Å². The molecular formula is C19H22N2O2S. The van der Waals surface area contributed by atoms with Gasteiger partial charge in [-0.1, -0.05) is 35.9 Å². The van der Waals surface area contributed by atoms with Crippen molar-refractivity contribution in [1.29, 1.82) is 0 Å². The molecule has 2 aromatic rings. The maximum atomic E-state index is 13.0. The normalized spacial score (nSPS) is 20.5. The highest BCUT2D eigenvalue weighted by Crippen LogP contribution is 2.38. The third-order valence-corrected chi connectivity index (χ3v) is 5.53. The van der Waals surface area contributed by atoms with E-state index in [9.17, 15) is 9.59 Å². The minimum atomic E-state index is -0.324. The van der Waals surface area contributed by atoms with Crippen LogP contribution in [0.2, 0.25) is 0 Å². The molecular weight excluding hydrogens is 320 g/mol. The van der Waals surface area contributed by atoms with Crippen molar-refractivity contribution in [3.05, 3.63) is 57.8 Å². The summed E-state index contributed by atoms with van der Waals surface area (Å²) in [5.74, 6) is -0.259. The Labute approximate surface area is 146 Å². The highest BCUT2D eigenvalue weighted by atomic mass is 32.1. The zero-order valence-corrected chi connectivity index (χ0v) is 15.0.